The Morgan fingerprint density at radius 3 is 2.24 bits per heavy atom. The van der Waals surface area contributed by atoms with E-state index < -0.39 is 0 Å². The van der Waals surface area contributed by atoms with Crippen LogP contribution in [0.3, 0.4) is 0 Å². The average Bonchev–Trinajstić information content (AvgIpc) is 2.84. The van der Waals surface area contributed by atoms with E-state index in [1.54, 1.807) is 0 Å². The number of para-hydroxylation sites is 1. The van der Waals surface area contributed by atoms with Crippen LogP contribution in [0.25, 0.3) is 5.69 Å². The summed E-state index contributed by atoms with van der Waals surface area (Å²) >= 11 is 0. The van der Waals surface area contributed by atoms with Crippen molar-refractivity contribution in [3.05, 3.63) is 41.6 Å². The Labute approximate surface area is 127 Å². The van der Waals surface area contributed by atoms with Crippen LogP contribution in [0.5, 0.6) is 0 Å². The molecule has 0 aliphatic carbocycles. The third kappa shape index (κ3) is 3.27. The summed E-state index contributed by atoms with van der Waals surface area (Å²) in [5, 5.41) is 4.73. The largest absolute Gasteiger partial charge is 0.356 e. The molecule has 21 heavy (non-hydrogen) atoms. The van der Waals surface area contributed by atoms with Crippen molar-refractivity contribution in [2.45, 2.75) is 40.2 Å². The number of benzene rings is 1. The first-order valence-corrected chi connectivity index (χ1v) is 7.81. The monoisotopic (exact) mass is 286 g/mol. The van der Waals surface area contributed by atoms with E-state index in [2.05, 4.69) is 30.9 Å². The van der Waals surface area contributed by atoms with Crippen LogP contribution in [0.4, 0.5) is 5.82 Å². The van der Waals surface area contributed by atoms with E-state index in [0.717, 1.165) is 48.7 Å². The van der Waals surface area contributed by atoms with Crippen molar-refractivity contribution in [2.75, 3.05) is 18.0 Å². The van der Waals surface area contributed by atoms with Crippen molar-refractivity contribution in [3.8, 4) is 5.69 Å². The SMILES string of the molecule is CCCN(CCC)c1c(CN)c(C)nn1-c1ccccc1. The Morgan fingerprint density at radius 2 is 1.71 bits per heavy atom. The molecular weight excluding hydrogens is 260 g/mol. The van der Waals surface area contributed by atoms with Crippen LogP contribution < -0.4 is 10.6 Å². The molecule has 0 aliphatic rings. The van der Waals surface area contributed by atoms with Gasteiger partial charge in [-0.1, -0.05) is 32.0 Å². The predicted molar refractivity (Wildman–Crippen MR) is 89.0 cm³/mol. The van der Waals surface area contributed by atoms with Crippen LogP contribution in [0.2, 0.25) is 0 Å². The van der Waals surface area contributed by atoms with E-state index in [0.29, 0.717) is 6.54 Å². The summed E-state index contributed by atoms with van der Waals surface area (Å²) < 4.78 is 2.04. The molecule has 0 bridgehead atoms. The predicted octanol–water partition coefficient (Wildman–Crippen LogP) is 3.27. The molecule has 0 unspecified atom stereocenters. The minimum atomic E-state index is 0.526. The van der Waals surface area contributed by atoms with Gasteiger partial charge >= 0.3 is 0 Å². The van der Waals surface area contributed by atoms with Gasteiger partial charge in [-0.2, -0.15) is 5.10 Å². The van der Waals surface area contributed by atoms with Gasteiger partial charge in [0.1, 0.15) is 5.82 Å². The first kappa shape index (κ1) is 15.6. The molecule has 114 valence electrons. The van der Waals surface area contributed by atoms with Crippen LogP contribution in [0, 0.1) is 6.92 Å². The standard InChI is InChI=1S/C17H26N4/c1-4-11-20(12-5-2)17-16(13-18)14(3)19-21(17)15-9-7-6-8-10-15/h6-10H,4-5,11-13,18H2,1-3H3. The number of nitrogens with two attached hydrogens (primary N) is 1. The van der Waals surface area contributed by atoms with Gasteiger partial charge < -0.3 is 10.6 Å². The third-order valence-corrected chi connectivity index (χ3v) is 3.65. The summed E-state index contributed by atoms with van der Waals surface area (Å²) in [5.41, 5.74) is 9.26. The third-order valence-electron chi connectivity index (χ3n) is 3.65. The fourth-order valence-corrected chi connectivity index (χ4v) is 2.72. The summed E-state index contributed by atoms with van der Waals surface area (Å²) in [4.78, 5) is 2.41. The Hall–Kier alpha value is -1.81. The van der Waals surface area contributed by atoms with E-state index in [1.807, 2.05) is 29.8 Å². The second kappa shape index (κ2) is 7.27. The quantitative estimate of drug-likeness (QED) is 0.850. The van der Waals surface area contributed by atoms with E-state index in [9.17, 15) is 0 Å². The second-order valence-corrected chi connectivity index (χ2v) is 5.33. The van der Waals surface area contributed by atoms with Crippen molar-refractivity contribution < 1.29 is 0 Å². The molecule has 2 rings (SSSR count). The molecular formula is C17H26N4. The van der Waals surface area contributed by atoms with Gasteiger partial charge in [0.2, 0.25) is 0 Å². The van der Waals surface area contributed by atoms with Gasteiger partial charge in [0.25, 0.3) is 0 Å². The fourth-order valence-electron chi connectivity index (χ4n) is 2.72. The molecule has 4 nitrogen and oxygen atoms in total. The molecule has 0 saturated heterocycles. The highest BCUT2D eigenvalue weighted by Crippen LogP contribution is 2.27. The zero-order valence-electron chi connectivity index (χ0n) is 13.3. The normalized spacial score (nSPS) is 10.9. The summed E-state index contributed by atoms with van der Waals surface area (Å²) in [6.45, 7) is 9.04. The highest BCUT2D eigenvalue weighted by atomic mass is 15.4. The number of hydrogen-bond acceptors (Lipinski definition) is 3. The van der Waals surface area contributed by atoms with E-state index >= 15 is 0 Å². The van der Waals surface area contributed by atoms with Gasteiger partial charge in [-0.15, -0.1) is 0 Å². The summed E-state index contributed by atoms with van der Waals surface area (Å²) in [6.07, 6.45) is 2.23. The van der Waals surface area contributed by atoms with E-state index in [1.165, 1.54) is 0 Å². The lowest BCUT2D eigenvalue weighted by Crippen LogP contribution is -2.28. The van der Waals surface area contributed by atoms with Crippen molar-refractivity contribution >= 4 is 5.82 Å². The molecule has 1 aromatic heterocycles. The minimum Gasteiger partial charge on any atom is -0.356 e. The van der Waals surface area contributed by atoms with Gasteiger partial charge in [0, 0.05) is 25.2 Å². The number of anilines is 1. The Bertz CT molecular complexity index is 554. The highest BCUT2D eigenvalue weighted by molar-refractivity contribution is 5.55. The van der Waals surface area contributed by atoms with Crippen molar-refractivity contribution in [1.82, 2.24) is 9.78 Å². The molecule has 1 heterocycles. The molecule has 4 heteroatoms. The highest BCUT2D eigenvalue weighted by Gasteiger charge is 2.20. The van der Waals surface area contributed by atoms with Crippen LogP contribution in [0.15, 0.2) is 30.3 Å². The number of aromatic nitrogens is 2. The molecule has 0 fully saturated rings. The zero-order valence-corrected chi connectivity index (χ0v) is 13.3. The first-order chi connectivity index (χ1) is 10.2. The topological polar surface area (TPSA) is 47.1 Å². The molecule has 0 atom stereocenters. The lowest BCUT2D eigenvalue weighted by molar-refractivity contribution is 0.707. The van der Waals surface area contributed by atoms with Crippen molar-refractivity contribution in [2.24, 2.45) is 5.73 Å². The van der Waals surface area contributed by atoms with E-state index in [-0.39, 0.29) is 0 Å². The fraction of sp³-hybridized carbons (Fsp3) is 0.471. The van der Waals surface area contributed by atoms with Crippen LogP contribution >= 0.6 is 0 Å². The van der Waals surface area contributed by atoms with Crippen LogP contribution in [-0.4, -0.2) is 22.9 Å². The molecule has 0 saturated carbocycles. The Morgan fingerprint density at radius 1 is 1.10 bits per heavy atom. The first-order valence-electron chi connectivity index (χ1n) is 7.81. The van der Waals surface area contributed by atoms with Crippen molar-refractivity contribution in [3.63, 3.8) is 0 Å². The maximum absolute atomic E-state index is 5.99. The number of hydrogen-bond donors (Lipinski definition) is 1. The molecule has 2 aromatic rings. The van der Waals surface area contributed by atoms with Gasteiger partial charge in [-0.3, -0.25) is 0 Å². The van der Waals surface area contributed by atoms with Crippen LogP contribution in [-0.2, 0) is 6.54 Å². The molecule has 0 aliphatic heterocycles. The van der Waals surface area contributed by atoms with Gasteiger partial charge in [0.05, 0.1) is 11.4 Å². The number of rotatable bonds is 7. The summed E-state index contributed by atoms with van der Waals surface area (Å²) in [7, 11) is 0. The number of aryl methyl sites for hydroxylation is 1. The summed E-state index contributed by atoms with van der Waals surface area (Å²) in [6, 6.07) is 10.3. The zero-order chi connectivity index (χ0) is 15.2. The maximum Gasteiger partial charge on any atom is 0.137 e. The smallest absolute Gasteiger partial charge is 0.137 e. The van der Waals surface area contributed by atoms with Crippen molar-refractivity contribution in [1.29, 1.82) is 0 Å². The second-order valence-electron chi connectivity index (χ2n) is 5.33. The average molecular weight is 286 g/mol. The maximum atomic E-state index is 5.99. The Balaban J connectivity index is 2.55. The van der Waals surface area contributed by atoms with Crippen LogP contribution in [0.1, 0.15) is 37.9 Å². The summed E-state index contributed by atoms with van der Waals surface area (Å²) in [5.74, 6) is 1.16. The van der Waals surface area contributed by atoms with E-state index in [4.69, 9.17) is 10.8 Å². The van der Waals surface area contributed by atoms with Gasteiger partial charge in [-0.25, -0.2) is 4.68 Å². The molecule has 0 spiro atoms. The Kier molecular flexibility index (Phi) is 5.39. The molecule has 0 amide bonds. The molecule has 1 aromatic carbocycles. The van der Waals surface area contributed by atoms with Gasteiger partial charge in [-0.05, 0) is 31.9 Å². The minimum absolute atomic E-state index is 0.526. The lowest BCUT2D eigenvalue weighted by atomic mass is 10.2. The number of nitrogens with zero attached hydrogens (tertiary/aromatic N) is 3. The van der Waals surface area contributed by atoms with Gasteiger partial charge in [0.15, 0.2) is 0 Å². The molecule has 2 N–H and O–H groups in total. The lowest BCUT2D eigenvalue weighted by Gasteiger charge is -2.26. The molecule has 0 radical (unpaired) electrons.